The fraction of sp³-hybridized carbons (Fsp3) is 0.516. The number of piperazine rings is 1. The molecule has 1 aromatic heterocycles. The lowest BCUT2D eigenvalue weighted by Gasteiger charge is -2.35. The van der Waals surface area contributed by atoms with Crippen molar-refractivity contribution in [2.24, 2.45) is 0 Å². The third kappa shape index (κ3) is 10.5. The summed E-state index contributed by atoms with van der Waals surface area (Å²) in [5.41, 5.74) is -0.285. The van der Waals surface area contributed by atoms with Gasteiger partial charge in [-0.05, 0) is 44.4 Å². The summed E-state index contributed by atoms with van der Waals surface area (Å²) in [6, 6.07) is 3.59. The fourth-order valence-electron chi connectivity index (χ4n) is 5.53. The van der Waals surface area contributed by atoms with Crippen molar-refractivity contribution in [3.63, 3.8) is 0 Å². The molecule has 16 nitrogen and oxygen atoms in total. The molecule has 2 aliphatic rings. The molecule has 0 aliphatic carbocycles. The normalized spacial score (nSPS) is 16.7. The summed E-state index contributed by atoms with van der Waals surface area (Å²) in [5.74, 6) is -5.39. The number of amides is 5. The number of nitrogens with zero attached hydrogens (tertiary/aromatic N) is 5. The van der Waals surface area contributed by atoms with Gasteiger partial charge in [0, 0.05) is 45.2 Å². The maximum absolute atomic E-state index is 14.2. The number of carbonyl (C=O) groups is 6. The maximum Gasteiger partial charge on any atom is 0.409 e. The lowest BCUT2D eigenvalue weighted by atomic mass is 10.1. The number of carboxylic acid groups (broad SMARTS) is 1. The Morgan fingerprint density at radius 1 is 1.04 bits per heavy atom. The van der Waals surface area contributed by atoms with E-state index < -0.39 is 79.3 Å². The van der Waals surface area contributed by atoms with Gasteiger partial charge in [-0.25, -0.2) is 13.9 Å². The molecule has 1 aromatic carbocycles. The van der Waals surface area contributed by atoms with Gasteiger partial charge >= 0.3 is 18.2 Å². The summed E-state index contributed by atoms with van der Waals surface area (Å²) < 4.78 is 63.7. The van der Waals surface area contributed by atoms with E-state index in [0.717, 1.165) is 27.8 Å². The molecule has 51 heavy (non-hydrogen) atoms. The van der Waals surface area contributed by atoms with E-state index in [2.05, 4.69) is 10.4 Å². The average Bonchev–Trinajstić information content (AvgIpc) is 3.76. The van der Waals surface area contributed by atoms with Gasteiger partial charge in [-0.2, -0.15) is 18.3 Å². The second-order valence-electron chi connectivity index (χ2n) is 11.6. The number of aliphatic carboxylic acids is 1. The molecule has 278 valence electrons. The van der Waals surface area contributed by atoms with Crippen molar-refractivity contribution in [1.82, 2.24) is 35.1 Å². The van der Waals surface area contributed by atoms with Gasteiger partial charge in [0.05, 0.1) is 12.3 Å². The van der Waals surface area contributed by atoms with Crippen LogP contribution in [0.5, 0.6) is 5.88 Å². The van der Waals surface area contributed by atoms with Crippen LogP contribution in [0.4, 0.5) is 22.4 Å². The minimum Gasteiger partial charge on any atom is -0.481 e. The Labute approximate surface area is 288 Å². The smallest absolute Gasteiger partial charge is 0.409 e. The number of alkyl halides is 3. The molecule has 2 atom stereocenters. The summed E-state index contributed by atoms with van der Waals surface area (Å²) in [6.45, 7) is 0.102. The molecule has 0 saturated carbocycles. The number of ether oxygens (including phenoxy) is 2. The molecule has 3 N–H and O–H groups in total. The molecule has 0 radical (unpaired) electrons. The van der Waals surface area contributed by atoms with Gasteiger partial charge in [0.1, 0.15) is 24.4 Å². The zero-order valence-electron chi connectivity index (χ0n) is 27.5. The summed E-state index contributed by atoms with van der Waals surface area (Å²) in [6.07, 6.45) is -5.46. The van der Waals surface area contributed by atoms with Crippen molar-refractivity contribution in [1.29, 1.82) is 0 Å². The average molecular weight is 728 g/mol. The van der Waals surface area contributed by atoms with Crippen molar-refractivity contribution in [3.8, 4) is 11.6 Å². The maximum atomic E-state index is 14.2. The van der Waals surface area contributed by atoms with E-state index in [9.17, 15) is 51.4 Å². The van der Waals surface area contributed by atoms with Crippen LogP contribution in [0.2, 0.25) is 0 Å². The number of hydrogen-bond donors (Lipinski definition) is 3. The predicted molar refractivity (Wildman–Crippen MR) is 166 cm³/mol. The van der Waals surface area contributed by atoms with Crippen LogP contribution in [0.15, 0.2) is 30.3 Å². The Morgan fingerprint density at radius 3 is 2.39 bits per heavy atom. The van der Waals surface area contributed by atoms with Crippen molar-refractivity contribution in [2.75, 3.05) is 52.5 Å². The summed E-state index contributed by atoms with van der Waals surface area (Å²) in [5, 5.41) is 17.7. The molecular weight excluding hydrogens is 690 g/mol. The lowest BCUT2D eigenvalue weighted by molar-refractivity contribution is -0.145. The van der Waals surface area contributed by atoms with Gasteiger partial charge in [-0.3, -0.25) is 24.0 Å². The zero-order chi connectivity index (χ0) is 37.3. The number of aromatic nitrogens is 2. The number of carboxylic acids is 1. The first-order chi connectivity index (χ1) is 24.2. The highest BCUT2D eigenvalue weighted by Crippen LogP contribution is 2.23. The number of rotatable bonds is 13. The minimum absolute atomic E-state index is 0.0695. The van der Waals surface area contributed by atoms with Gasteiger partial charge in [-0.1, -0.05) is 6.07 Å². The summed E-state index contributed by atoms with van der Waals surface area (Å²) >= 11 is 0. The third-order valence-corrected chi connectivity index (χ3v) is 8.01. The number of carbonyl (C=O) groups excluding carboxylic acids is 5. The molecule has 0 bridgehead atoms. The van der Waals surface area contributed by atoms with E-state index in [1.807, 2.05) is 0 Å². The van der Waals surface area contributed by atoms with Crippen LogP contribution in [0.1, 0.15) is 43.1 Å². The van der Waals surface area contributed by atoms with Gasteiger partial charge in [-0.15, -0.1) is 0 Å². The minimum atomic E-state index is -4.64. The largest absolute Gasteiger partial charge is 0.481 e. The molecule has 20 heteroatoms. The molecule has 2 fully saturated rings. The van der Waals surface area contributed by atoms with Gasteiger partial charge in [0.2, 0.25) is 17.7 Å². The SMILES string of the molecule is CCOC(=O)N1CCN(C(=O)[C@H](CCC(=O)O)NC(=O)c2cc(OCC(=O)N3CCC[C@H]3C(=O)NCC(F)(F)F)n(-c3cccc(F)c3)n2)CC1. The molecular formula is C31H37F4N7O9. The van der Waals surface area contributed by atoms with Gasteiger partial charge < -0.3 is 39.9 Å². The molecule has 0 unspecified atom stereocenters. The van der Waals surface area contributed by atoms with Crippen LogP contribution >= 0.6 is 0 Å². The molecule has 2 aromatic rings. The number of hydrogen-bond acceptors (Lipinski definition) is 9. The first-order valence-electron chi connectivity index (χ1n) is 16.0. The number of halogens is 4. The molecule has 2 saturated heterocycles. The van der Waals surface area contributed by atoms with Crippen molar-refractivity contribution in [2.45, 2.75) is 50.9 Å². The number of nitrogens with one attached hydrogen (secondary N) is 2. The first kappa shape index (κ1) is 38.4. The lowest BCUT2D eigenvalue weighted by Crippen LogP contribution is -2.56. The van der Waals surface area contributed by atoms with Gasteiger partial charge in [0.15, 0.2) is 12.3 Å². The van der Waals surface area contributed by atoms with Crippen molar-refractivity contribution < 1.29 is 60.9 Å². The van der Waals surface area contributed by atoms with Crippen molar-refractivity contribution in [3.05, 3.63) is 41.8 Å². The van der Waals surface area contributed by atoms with Crippen LogP contribution in [-0.4, -0.2) is 136 Å². The molecule has 3 heterocycles. The molecule has 2 aliphatic heterocycles. The predicted octanol–water partition coefficient (Wildman–Crippen LogP) is 1.32. The third-order valence-electron chi connectivity index (χ3n) is 8.01. The Morgan fingerprint density at radius 2 is 1.75 bits per heavy atom. The van der Waals surface area contributed by atoms with E-state index in [4.69, 9.17) is 9.47 Å². The zero-order valence-corrected chi connectivity index (χ0v) is 27.5. The first-order valence-corrected chi connectivity index (χ1v) is 16.0. The summed E-state index contributed by atoms with van der Waals surface area (Å²) in [4.78, 5) is 79.7. The monoisotopic (exact) mass is 727 g/mol. The molecule has 5 amide bonds. The highest BCUT2D eigenvalue weighted by Gasteiger charge is 2.37. The highest BCUT2D eigenvalue weighted by atomic mass is 19.4. The summed E-state index contributed by atoms with van der Waals surface area (Å²) in [7, 11) is 0. The standard InChI is InChI=1S/C31H37F4N7O9/c1-2-50-30(49)40-13-11-39(12-14-40)29(48)21(8-9-26(44)45)37-27(46)22-16-25(42(38-22)20-6-3-5-19(32)15-20)51-17-24(43)41-10-4-7-23(41)28(47)36-18-31(33,34)35/h3,5-6,15-16,21,23H,2,4,7-14,17-18H2,1H3,(H,36,47)(H,37,46)(H,44,45)/t21-,23-/m0/s1. The molecule has 0 spiro atoms. The second-order valence-corrected chi connectivity index (χ2v) is 11.6. The Kier molecular flexibility index (Phi) is 12.8. The Hall–Kier alpha value is -5.43. The second kappa shape index (κ2) is 17.0. The van der Waals surface area contributed by atoms with E-state index >= 15 is 0 Å². The number of benzene rings is 1. The van der Waals surface area contributed by atoms with E-state index in [1.54, 1.807) is 12.2 Å². The van der Waals surface area contributed by atoms with Crippen LogP contribution < -0.4 is 15.4 Å². The van der Waals surface area contributed by atoms with Crippen LogP contribution in [0.25, 0.3) is 5.69 Å². The fourth-order valence-corrected chi connectivity index (χ4v) is 5.53. The van der Waals surface area contributed by atoms with Crippen LogP contribution in [-0.2, 0) is 23.9 Å². The Balaban J connectivity index is 1.50. The molecule has 4 rings (SSSR count). The van der Waals surface area contributed by atoms with E-state index in [-0.39, 0.29) is 69.4 Å². The van der Waals surface area contributed by atoms with E-state index in [0.29, 0.717) is 6.42 Å². The van der Waals surface area contributed by atoms with E-state index in [1.165, 1.54) is 21.9 Å². The quantitative estimate of drug-likeness (QED) is 0.254. The van der Waals surface area contributed by atoms with Gasteiger partial charge in [0.25, 0.3) is 11.8 Å². The van der Waals surface area contributed by atoms with Crippen molar-refractivity contribution >= 4 is 35.7 Å². The topological polar surface area (TPSA) is 193 Å². The highest BCUT2D eigenvalue weighted by molar-refractivity contribution is 5.96. The number of likely N-dealkylation sites (tertiary alicyclic amines) is 1. The van der Waals surface area contributed by atoms with Crippen LogP contribution in [0, 0.1) is 5.82 Å². The van der Waals surface area contributed by atoms with Crippen LogP contribution in [0.3, 0.4) is 0 Å². The Bertz CT molecular complexity index is 1610.